The van der Waals surface area contributed by atoms with Crippen molar-refractivity contribution < 1.29 is 19.2 Å². The normalized spacial score (nSPS) is 18.2. The molecular formula is C17H20ClN3O5S. The summed E-state index contributed by atoms with van der Waals surface area (Å²) in [4.78, 5) is 24.9. The van der Waals surface area contributed by atoms with Crippen LogP contribution in [0.5, 0.6) is 0 Å². The number of thiocarbonyl (C=S) groups is 1. The van der Waals surface area contributed by atoms with Gasteiger partial charge < -0.3 is 19.7 Å². The Morgan fingerprint density at radius 3 is 2.70 bits per heavy atom. The molecule has 1 aromatic carbocycles. The van der Waals surface area contributed by atoms with Gasteiger partial charge in [-0.3, -0.25) is 10.1 Å². The zero-order valence-corrected chi connectivity index (χ0v) is 16.9. The Hall–Kier alpha value is -2.23. The van der Waals surface area contributed by atoms with E-state index in [2.05, 4.69) is 5.32 Å². The van der Waals surface area contributed by atoms with E-state index >= 15 is 0 Å². The van der Waals surface area contributed by atoms with Crippen molar-refractivity contribution in [1.82, 2.24) is 10.2 Å². The van der Waals surface area contributed by atoms with Gasteiger partial charge in [-0.1, -0.05) is 17.7 Å². The van der Waals surface area contributed by atoms with Crippen molar-refractivity contribution in [2.24, 2.45) is 0 Å². The first kappa shape index (κ1) is 21.1. The van der Waals surface area contributed by atoms with Gasteiger partial charge in [0.1, 0.15) is 5.02 Å². The number of hydrogen-bond donors (Lipinski definition) is 1. The van der Waals surface area contributed by atoms with E-state index in [0.29, 0.717) is 28.6 Å². The molecule has 0 radical (unpaired) electrons. The predicted octanol–water partition coefficient (Wildman–Crippen LogP) is 2.96. The van der Waals surface area contributed by atoms with Crippen LogP contribution in [0.25, 0.3) is 0 Å². The van der Waals surface area contributed by atoms with Crippen molar-refractivity contribution >= 4 is 40.6 Å². The lowest BCUT2D eigenvalue weighted by Crippen LogP contribution is -2.52. The molecule has 1 N–H and O–H groups in total. The third-order valence-electron chi connectivity index (χ3n) is 4.28. The van der Waals surface area contributed by atoms with Gasteiger partial charge in [0.15, 0.2) is 5.11 Å². The number of esters is 1. The fourth-order valence-electron chi connectivity index (χ4n) is 3.08. The van der Waals surface area contributed by atoms with Crippen LogP contribution in [0, 0.1) is 10.1 Å². The first-order valence-corrected chi connectivity index (χ1v) is 8.83. The quantitative estimate of drug-likeness (QED) is 0.329. The number of nitrogens with one attached hydrogen (secondary N) is 1. The standard InChI is InChI=1S/C17H20ClN3O5S/c1-9(8-25-3)20-10(2)14(16(22)26-4)15(19-17(20)27)11-5-6-12(18)13(7-11)21(23)24/h5-7,9,15H,8H2,1-4H3,(H,19,27)/t9-,15+/m0/s1. The smallest absolute Gasteiger partial charge is 0.337 e. The zero-order valence-electron chi connectivity index (χ0n) is 15.3. The van der Waals surface area contributed by atoms with Gasteiger partial charge in [0.25, 0.3) is 5.69 Å². The molecule has 27 heavy (non-hydrogen) atoms. The topological polar surface area (TPSA) is 93.9 Å². The Labute approximate surface area is 167 Å². The maximum atomic E-state index is 12.5. The SMILES string of the molecule is COC[C@H](C)N1C(=S)N[C@H](c2ccc(Cl)c([N+](=O)[O-])c2)C(C(=O)OC)=C1C. The van der Waals surface area contributed by atoms with E-state index in [9.17, 15) is 14.9 Å². The lowest BCUT2D eigenvalue weighted by atomic mass is 9.94. The second-order valence-electron chi connectivity index (χ2n) is 6.02. The largest absolute Gasteiger partial charge is 0.466 e. The van der Waals surface area contributed by atoms with Gasteiger partial charge in [0.2, 0.25) is 0 Å². The minimum atomic E-state index is -0.702. The number of carbonyl (C=O) groups excluding carboxylic acids is 1. The molecule has 10 heteroatoms. The lowest BCUT2D eigenvalue weighted by molar-refractivity contribution is -0.384. The average molecular weight is 414 g/mol. The van der Waals surface area contributed by atoms with Crippen LogP contribution < -0.4 is 5.32 Å². The molecule has 0 aromatic heterocycles. The van der Waals surface area contributed by atoms with Gasteiger partial charge in [0, 0.05) is 18.9 Å². The van der Waals surface area contributed by atoms with Crippen LogP contribution in [0.2, 0.25) is 5.02 Å². The van der Waals surface area contributed by atoms with Crippen LogP contribution in [0.15, 0.2) is 29.5 Å². The molecule has 0 bridgehead atoms. The van der Waals surface area contributed by atoms with E-state index in [1.165, 1.54) is 19.2 Å². The average Bonchev–Trinajstić information content (AvgIpc) is 2.61. The van der Waals surface area contributed by atoms with Crippen LogP contribution in [0.4, 0.5) is 5.69 Å². The summed E-state index contributed by atoms with van der Waals surface area (Å²) in [5.41, 5.74) is 1.13. The van der Waals surface area contributed by atoms with Gasteiger partial charge in [0.05, 0.1) is 36.3 Å². The van der Waals surface area contributed by atoms with E-state index in [0.717, 1.165) is 0 Å². The third-order valence-corrected chi connectivity index (χ3v) is 4.91. The summed E-state index contributed by atoms with van der Waals surface area (Å²) in [6.45, 7) is 4.05. The highest BCUT2D eigenvalue weighted by molar-refractivity contribution is 7.80. The van der Waals surface area contributed by atoms with E-state index in [1.807, 2.05) is 6.92 Å². The molecule has 0 spiro atoms. The van der Waals surface area contributed by atoms with Crippen molar-refractivity contribution in [1.29, 1.82) is 0 Å². The molecule has 1 aliphatic heterocycles. The van der Waals surface area contributed by atoms with E-state index in [4.69, 9.17) is 33.3 Å². The number of carbonyl (C=O) groups is 1. The maximum Gasteiger partial charge on any atom is 0.337 e. The molecule has 0 saturated carbocycles. The number of nitrogens with zero attached hydrogens (tertiary/aromatic N) is 2. The molecule has 0 amide bonds. The van der Waals surface area contributed by atoms with Crippen LogP contribution >= 0.6 is 23.8 Å². The molecule has 8 nitrogen and oxygen atoms in total. The van der Waals surface area contributed by atoms with Crippen LogP contribution in [0.3, 0.4) is 0 Å². The molecule has 2 atom stereocenters. The van der Waals surface area contributed by atoms with Crippen LogP contribution in [-0.4, -0.2) is 47.8 Å². The summed E-state index contributed by atoms with van der Waals surface area (Å²) >= 11 is 11.4. The molecule has 146 valence electrons. The highest BCUT2D eigenvalue weighted by Crippen LogP contribution is 2.35. The number of methoxy groups -OCH3 is 2. The van der Waals surface area contributed by atoms with Gasteiger partial charge in [-0.25, -0.2) is 4.79 Å². The van der Waals surface area contributed by atoms with Crippen LogP contribution in [-0.2, 0) is 14.3 Å². The van der Waals surface area contributed by atoms with E-state index in [-0.39, 0.29) is 16.8 Å². The van der Waals surface area contributed by atoms with Crippen molar-refractivity contribution in [2.45, 2.75) is 25.9 Å². The van der Waals surface area contributed by atoms with Crippen molar-refractivity contribution in [3.63, 3.8) is 0 Å². The molecule has 0 saturated heterocycles. The first-order valence-electron chi connectivity index (χ1n) is 8.04. The third kappa shape index (κ3) is 4.20. The monoisotopic (exact) mass is 413 g/mol. The summed E-state index contributed by atoms with van der Waals surface area (Å²) in [6.07, 6.45) is 0. The fraction of sp³-hybridized carbons (Fsp3) is 0.412. The second-order valence-corrected chi connectivity index (χ2v) is 6.81. The van der Waals surface area contributed by atoms with Crippen molar-refractivity contribution in [2.75, 3.05) is 20.8 Å². The highest BCUT2D eigenvalue weighted by atomic mass is 35.5. The van der Waals surface area contributed by atoms with Gasteiger partial charge in [-0.15, -0.1) is 0 Å². The molecule has 0 aliphatic carbocycles. The van der Waals surface area contributed by atoms with Crippen molar-refractivity contribution in [3.05, 3.63) is 50.2 Å². The molecule has 0 fully saturated rings. The predicted molar refractivity (Wildman–Crippen MR) is 104 cm³/mol. The van der Waals surface area contributed by atoms with E-state index < -0.39 is 16.9 Å². The summed E-state index contributed by atoms with van der Waals surface area (Å²) < 4.78 is 10.1. The first-order chi connectivity index (χ1) is 12.7. The summed E-state index contributed by atoms with van der Waals surface area (Å²) in [7, 11) is 2.85. The molecular weight excluding hydrogens is 394 g/mol. The Kier molecular flexibility index (Phi) is 6.74. The zero-order chi connectivity index (χ0) is 20.3. The van der Waals surface area contributed by atoms with Gasteiger partial charge in [-0.05, 0) is 37.7 Å². The number of rotatable bonds is 6. The van der Waals surface area contributed by atoms with Crippen molar-refractivity contribution in [3.8, 4) is 0 Å². The molecule has 2 rings (SSSR count). The summed E-state index contributed by atoms with van der Waals surface area (Å²) in [6, 6.07) is 3.53. The number of nitro benzene ring substituents is 1. The second kappa shape index (κ2) is 8.64. The molecule has 1 heterocycles. The highest BCUT2D eigenvalue weighted by Gasteiger charge is 2.37. The Morgan fingerprint density at radius 2 is 2.15 bits per heavy atom. The Morgan fingerprint density at radius 1 is 1.48 bits per heavy atom. The number of allylic oxidation sites excluding steroid dienone is 1. The summed E-state index contributed by atoms with van der Waals surface area (Å²) in [5, 5.41) is 14.7. The number of hydrogen-bond acceptors (Lipinski definition) is 6. The number of benzene rings is 1. The molecule has 0 unspecified atom stereocenters. The summed E-state index contributed by atoms with van der Waals surface area (Å²) in [5.74, 6) is -0.556. The van der Waals surface area contributed by atoms with Gasteiger partial charge >= 0.3 is 5.97 Å². The van der Waals surface area contributed by atoms with E-state index in [1.54, 1.807) is 25.0 Å². The molecule has 1 aliphatic rings. The van der Waals surface area contributed by atoms with Crippen LogP contribution in [0.1, 0.15) is 25.5 Å². The number of halogens is 1. The number of ether oxygens (including phenoxy) is 2. The Bertz CT molecular complexity index is 814. The number of nitro groups is 1. The minimum absolute atomic E-state index is 0.0119. The Balaban J connectivity index is 2.60. The fourth-order valence-corrected chi connectivity index (χ4v) is 3.70. The lowest BCUT2D eigenvalue weighted by Gasteiger charge is -2.40. The van der Waals surface area contributed by atoms with Gasteiger partial charge in [-0.2, -0.15) is 0 Å². The maximum absolute atomic E-state index is 12.5. The minimum Gasteiger partial charge on any atom is -0.466 e. The molecule has 1 aromatic rings.